The van der Waals surface area contributed by atoms with Crippen molar-refractivity contribution in [2.24, 2.45) is 5.73 Å². The van der Waals surface area contributed by atoms with Gasteiger partial charge in [0.2, 0.25) is 0 Å². The van der Waals surface area contributed by atoms with Gasteiger partial charge in [-0.1, -0.05) is 11.6 Å². The highest BCUT2D eigenvalue weighted by Crippen LogP contribution is 2.22. The molecule has 0 spiro atoms. The van der Waals surface area contributed by atoms with Gasteiger partial charge in [0.15, 0.2) is 0 Å². The molecule has 0 fully saturated rings. The van der Waals surface area contributed by atoms with E-state index in [1.165, 1.54) is 18.2 Å². The number of rotatable bonds is 3. The average Bonchev–Trinajstić information content (AvgIpc) is 2.11. The van der Waals surface area contributed by atoms with Gasteiger partial charge in [-0.05, 0) is 23.8 Å². The number of carbonyl (C=O) groups is 1. The summed E-state index contributed by atoms with van der Waals surface area (Å²) in [6, 6.07) is 3.40. The van der Waals surface area contributed by atoms with Crippen molar-refractivity contribution in [3.05, 3.63) is 28.8 Å². The van der Waals surface area contributed by atoms with Crippen molar-refractivity contribution in [2.75, 3.05) is 0 Å². The fourth-order valence-corrected chi connectivity index (χ4v) is 1.24. The van der Waals surface area contributed by atoms with Gasteiger partial charge in [0.1, 0.15) is 11.8 Å². The largest absolute Gasteiger partial charge is 0.508 e. The Morgan fingerprint density at radius 3 is 2.67 bits per heavy atom. The van der Waals surface area contributed by atoms with Crippen LogP contribution in [0, 0.1) is 0 Å². The Balaban J connectivity index is 0.00000196. The number of nitrogens with two attached hydrogens (primary N) is 1. The highest BCUT2D eigenvalue weighted by molar-refractivity contribution is 6.30. The molecule has 1 aromatic rings. The number of carboxylic acid groups (broad SMARTS) is 1. The average molecular weight is 252 g/mol. The molecule has 84 valence electrons. The molecule has 1 aromatic carbocycles. The minimum absolute atomic E-state index is 0. The van der Waals surface area contributed by atoms with E-state index in [-0.39, 0.29) is 24.6 Å². The number of aromatic hydroxyl groups is 1. The van der Waals surface area contributed by atoms with Crippen molar-refractivity contribution in [3.63, 3.8) is 0 Å². The van der Waals surface area contributed by atoms with Crippen LogP contribution in [0.15, 0.2) is 18.2 Å². The van der Waals surface area contributed by atoms with Gasteiger partial charge < -0.3 is 15.9 Å². The first-order valence-corrected chi connectivity index (χ1v) is 4.34. The summed E-state index contributed by atoms with van der Waals surface area (Å²) in [7, 11) is 0. The van der Waals surface area contributed by atoms with E-state index in [1.807, 2.05) is 0 Å². The summed E-state index contributed by atoms with van der Waals surface area (Å²) in [5.41, 5.74) is 5.75. The number of halogens is 2. The van der Waals surface area contributed by atoms with E-state index in [0.29, 0.717) is 10.6 Å². The normalized spacial score (nSPS) is 11.6. The lowest BCUT2D eigenvalue weighted by Gasteiger charge is -2.08. The van der Waals surface area contributed by atoms with Gasteiger partial charge in [-0.15, -0.1) is 12.4 Å². The van der Waals surface area contributed by atoms with Crippen LogP contribution in [0.4, 0.5) is 0 Å². The van der Waals surface area contributed by atoms with Crippen LogP contribution in [0.25, 0.3) is 0 Å². The third-order valence-corrected chi connectivity index (χ3v) is 2.03. The summed E-state index contributed by atoms with van der Waals surface area (Å²) in [6.45, 7) is 0. The number of benzene rings is 1. The fourth-order valence-electron chi connectivity index (χ4n) is 1.04. The van der Waals surface area contributed by atoms with E-state index in [0.717, 1.165) is 0 Å². The van der Waals surface area contributed by atoms with Crippen LogP contribution >= 0.6 is 24.0 Å². The molecule has 0 radical (unpaired) electrons. The molecule has 4 nitrogen and oxygen atoms in total. The molecule has 1 atom stereocenters. The molecule has 0 aromatic heterocycles. The number of phenols is 1. The maximum Gasteiger partial charge on any atom is 0.320 e. The fraction of sp³-hybridized carbons (Fsp3) is 0.222. The quantitative estimate of drug-likeness (QED) is 0.759. The summed E-state index contributed by atoms with van der Waals surface area (Å²) in [6.07, 6.45) is 0.0573. The summed E-state index contributed by atoms with van der Waals surface area (Å²) >= 11 is 5.68. The van der Waals surface area contributed by atoms with Gasteiger partial charge in [0.05, 0.1) is 0 Å². The third kappa shape index (κ3) is 3.95. The standard InChI is InChI=1S/C9H10ClNO3.ClH/c10-6-1-2-8(12)5(3-6)4-7(11)9(13)14;/h1-3,7,12H,4,11H2,(H,13,14);1H/t7-;/m0./s1. The molecular weight excluding hydrogens is 241 g/mol. The maximum absolute atomic E-state index is 10.5. The van der Waals surface area contributed by atoms with Gasteiger partial charge in [0, 0.05) is 11.4 Å². The predicted molar refractivity (Wildman–Crippen MR) is 59.7 cm³/mol. The first-order chi connectivity index (χ1) is 6.50. The molecular formula is C9H11Cl2NO3. The smallest absolute Gasteiger partial charge is 0.320 e. The Kier molecular flexibility index (Phi) is 5.43. The molecule has 0 aliphatic heterocycles. The van der Waals surface area contributed by atoms with E-state index in [9.17, 15) is 9.90 Å². The summed E-state index contributed by atoms with van der Waals surface area (Å²) in [5, 5.41) is 18.4. The maximum atomic E-state index is 10.5. The predicted octanol–water partition coefficient (Wildman–Crippen LogP) is 1.42. The van der Waals surface area contributed by atoms with E-state index < -0.39 is 12.0 Å². The third-order valence-electron chi connectivity index (χ3n) is 1.80. The molecule has 6 heteroatoms. The molecule has 0 heterocycles. The van der Waals surface area contributed by atoms with E-state index in [2.05, 4.69) is 0 Å². The van der Waals surface area contributed by atoms with Crippen molar-refractivity contribution in [3.8, 4) is 5.75 Å². The van der Waals surface area contributed by atoms with Crippen molar-refractivity contribution in [2.45, 2.75) is 12.5 Å². The van der Waals surface area contributed by atoms with E-state index in [4.69, 9.17) is 22.4 Å². The summed E-state index contributed by atoms with van der Waals surface area (Å²) < 4.78 is 0. The Morgan fingerprint density at radius 2 is 2.13 bits per heavy atom. The Bertz CT molecular complexity index is 357. The molecule has 0 amide bonds. The SMILES string of the molecule is Cl.N[C@@H](Cc1cc(Cl)ccc1O)C(=O)O. The lowest BCUT2D eigenvalue weighted by molar-refractivity contribution is -0.138. The highest BCUT2D eigenvalue weighted by Gasteiger charge is 2.14. The van der Waals surface area contributed by atoms with Crippen molar-refractivity contribution in [1.29, 1.82) is 0 Å². The number of hydrogen-bond acceptors (Lipinski definition) is 3. The van der Waals surface area contributed by atoms with Gasteiger partial charge in [-0.3, -0.25) is 4.79 Å². The molecule has 0 unspecified atom stereocenters. The Hall–Kier alpha value is -0.970. The second-order valence-corrected chi connectivity index (χ2v) is 3.36. The molecule has 1 rings (SSSR count). The summed E-state index contributed by atoms with van der Waals surface area (Å²) in [4.78, 5) is 10.5. The Morgan fingerprint density at radius 1 is 1.53 bits per heavy atom. The number of carboxylic acids is 1. The van der Waals surface area contributed by atoms with Crippen LogP contribution in [0.1, 0.15) is 5.56 Å². The van der Waals surface area contributed by atoms with Gasteiger partial charge in [-0.25, -0.2) is 0 Å². The second kappa shape index (κ2) is 5.80. The van der Waals surface area contributed by atoms with Crippen LogP contribution in [0.2, 0.25) is 5.02 Å². The molecule has 0 saturated heterocycles. The molecule has 0 aliphatic carbocycles. The minimum atomic E-state index is -1.11. The van der Waals surface area contributed by atoms with Crippen molar-refractivity contribution < 1.29 is 15.0 Å². The first kappa shape index (κ1) is 14.0. The zero-order valence-electron chi connectivity index (χ0n) is 7.68. The lowest BCUT2D eigenvalue weighted by Crippen LogP contribution is -2.32. The molecule has 4 N–H and O–H groups in total. The Labute approximate surface area is 98.1 Å². The van der Waals surface area contributed by atoms with Crippen LogP contribution in [-0.2, 0) is 11.2 Å². The van der Waals surface area contributed by atoms with Crippen LogP contribution in [-0.4, -0.2) is 22.2 Å². The van der Waals surface area contributed by atoms with Gasteiger partial charge in [0.25, 0.3) is 0 Å². The molecule has 0 aliphatic rings. The summed E-state index contributed by atoms with van der Waals surface area (Å²) in [5.74, 6) is -1.10. The van der Waals surface area contributed by atoms with E-state index >= 15 is 0 Å². The molecule has 0 saturated carbocycles. The van der Waals surface area contributed by atoms with Crippen molar-refractivity contribution in [1.82, 2.24) is 0 Å². The van der Waals surface area contributed by atoms with Crippen LogP contribution < -0.4 is 5.73 Å². The van der Waals surface area contributed by atoms with Crippen molar-refractivity contribution >= 4 is 30.0 Å². The number of aliphatic carboxylic acids is 1. The van der Waals surface area contributed by atoms with Crippen LogP contribution in [0.5, 0.6) is 5.75 Å². The monoisotopic (exact) mass is 251 g/mol. The lowest BCUT2D eigenvalue weighted by atomic mass is 10.1. The van der Waals surface area contributed by atoms with Gasteiger partial charge >= 0.3 is 5.97 Å². The highest BCUT2D eigenvalue weighted by atomic mass is 35.5. The second-order valence-electron chi connectivity index (χ2n) is 2.92. The minimum Gasteiger partial charge on any atom is -0.508 e. The number of phenolic OH excluding ortho intramolecular Hbond substituents is 1. The number of hydrogen-bond donors (Lipinski definition) is 3. The van der Waals surface area contributed by atoms with Gasteiger partial charge in [-0.2, -0.15) is 0 Å². The first-order valence-electron chi connectivity index (χ1n) is 3.96. The molecule has 0 bridgehead atoms. The topological polar surface area (TPSA) is 83.5 Å². The zero-order valence-corrected chi connectivity index (χ0v) is 9.26. The molecule has 15 heavy (non-hydrogen) atoms. The van der Waals surface area contributed by atoms with E-state index in [1.54, 1.807) is 0 Å². The van der Waals surface area contributed by atoms with Crippen LogP contribution in [0.3, 0.4) is 0 Å². The zero-order chi connectivity index (χ0) is 10.7.